The molecule has 0 spiro atoms. The first-order valence-electron chi connectivity index (χ1n) is 3.30. The number of halogens is 2. The number of hydrogen-bond acceptors (Lipinski definition) is 2. The zero-order valence-electron chi connectivity index (χ0n) is 6.71. The van der Waals surface area contributed by atoms with Crippen LogP contribution in [0.15, 0.2) is 18.2 Å². The molecule has 4 heteroatoms. The third-order valence-electron chi connectivity index (χ3n) is 1.45. The highest BCUT2D eigenvalue weighted by Crippen LogP contribution is 2.16. The fourth-order valence-electron chi connectivity index (χ4n) is 0.837. The molecular formula is C8H11ClFNO. The van der Waals surface area contributed by atoms with Crippen LogP contribution in [0.5, 0.6) is 5.75 Å². The molecule has 68 valence electrons. The Morgan fingerprint density at radius 3 is 2.58 bits per heavy atom. The Kier molecular flexibility index (Phi) is 4.62. The smallest absolute Gasteiger partial charge is 0.165 e. The van der Waals surface area contributed by atoms with Gasteiger partial charge in [0.2, 0.25) is 0 Å². The molecule has 0 saturated heterocycles. The van der Waals surface area contributed by atoms with Crippen molar-refractivity contribution in [2.75, 3.05) is 7.11 Å². The summed E-state index contributed by atoms with van der Waals surface area (Å²) in [6, 6.07) is 4.68. The molecule has 0 aliphatic heterocycles. The molecule has 0 heterocycles. The first-order valence-corrected chi connectivity index (χ1v) is 3.30. The Hall–Kier alpha value is -0.800. The van der Waals surface area contributed by atoms with Gasteiger partial charge in [-0.05, 0) is 17.7 Å². The maximum atomic E-state index is 12.9. The number of methoxy groups -OCH3 is 1. The van der Waals surface area contributed by atoms with Gasteiger partial charge in [0.05, 0.1) is 7.11 Å². The van der Waals surface area contributed by atoms with Crippen LogP contribution in [0.3, 0.4) is 0 Å². The third kappa shape index (κ3) is 2.36. The molecule has 1 aromatic carbocycles. The number of nitrogens with two attached hydrogens (primary N) is 1. The van der Waals surface area contributed by atoms with Crippen molar-refractivity contribution in [3.63, 3.8) is 0 Å². The zero-order chi connectivity index (χ0) is 8.27. The fraction of sp³-hybridized carbons (Fsp3) is 0.250. The summed E-state index contributed by atoms with van der Waals surface area (Å²) in [5, 5.41) is 0. The maximum Gasteiger partial charge on any atom is 0.165 e. The van der Waals surface area contributed by atoms with Crippen molar-refractivity contribution in [1.82, 2.24) is 0 Å². The summed E-state index contributed by atoms with van der Waals surface area (Å²) in [7, 11) is 1.43. The second-order valence-corrected chi connectivity index (χ2v) is 2.17. The van der Waals surface area contributed by atoms with Crippen molar-refractivity contribution >= 4 is 12.4 Å². The molecule has 0 aliphatic rings. The minimum absolute atomic E-state index is 0. The quantitative estimate of drug-likeness (QED) is 0.773. The lowest BCUT2D eigenvalue weighted by molar-refractivity contribution is 0.386. The molecule has 2 nitrogen and oxygen atoms in total. The van der Waals surface area contributed by atoms with E-state index in [1.165, 1.54) is 13.2 Å². The van der Waals surface area contributed by atoms with Crippen LogP contribution in [0, 0.1) is 5.82 Å². The molecular weight excluding hydrogens is 181 g/mol. The second kappa shape index (κ2) is 4.95. The van der Waals surface area contributed by atoms with Crippen molar-refractivity contribution in [3.05, 3.63) is 29.6 Å². The molecule has 1 rings (SSSR count). The van der Waals surface area contributed by atoms with E-state index in [1.807, 2.05) is 0 Å². The summed E-state index contributed by atoms with van der Waals surface area (Å²) in [5.74, 6) is -0.113. The molecule has 0 fully saturated rings. The van der Waals surface area contributed by atoms with Gasteiger partial charge in [-0.3, -0.25) is 0 Å². The molecule has 0 bridgehead atoms. The van der Waals surface area contributed by atoms with Gasteiger partial charge >= 0.3 is 0 Å². The lowest BCUT2D eigenvalue weighted by atomic mass is 10.2. The molecule has 0 aromatic heterocycles. The SMILES string of the molecule is COc1ccc(CN)cc1F.Cl. The summed E-state index contributed by atoms with van der Waals surface area (Å²) in [4.78, 5) is 0. The largest absolute Gasteiger partial charge is 0.494 e. The summed E-state index contributed by atoms with van der Waals surface area (Å²) in [5.41, 5.74) is 6.07. The highest BCUT2D eigenvalue weighted by atomic mass is 35.5. The van der Waals surface area contributed by atoms with E-state index in [2.05, 4.69) is 0 Å². The molecule has 0 amide bonds. The topological polar surface area (TPSA) is 35.2 Å². The van der Waals surface area contributed by atoms with Gasteiger partial charge in [0.25, 0.3) is 0 Å². The molecule has 0 unspecified atom stereocenters. The van der Waals surface area contributed by atoms with Crippen LogP contribution in [0.25, 0.3) is 0 Å². The monoisotopic (exact) mass is 191 g/mol. The Morgan fingerprint density at radius 1 is 1.50 bits per heavy atom. The normalized spacial score (nSPS) is 8.92. The summed E-state index contributed by atoms with van der Waals surface area (Å²) in [6.07, 6.45) is 0. The van der Waals surface area contributed by atoms with E-state index in [0.717, 1.165) is 5.56 Å². The first kappa shape index (κ1) is 11.2. The van der Waals surface area contributed by atoms with Crippen LogP contribution in [-0.4, -0.2) is 7.11 Å². The number of benzene rings is 1. The van der Waals surface area contributed by atoms with Crippen LogP contribution in [0.2, 0.25) is 0 Å². The Morgan fingerprint density at radius 2 is 2.17 bits per heavy atom. The van der Waals surface area contributed by atoms with Crippen molar-refractivity contribution in [3.8, 4) is 5.75 Å². The van der Waals surface area contributed by atoms with Crippen LogP contribution in [0.1, 0.15) is 5.56 Å². The van der Waals surface area contributed by atoms with Crippen molar-refractivity contribution in [2.45, 2.75) is 6.54 Å². The molecule has 0 radical (unpaired) electrons. The van der Waals surface area contributed by atoms with E-state index in [-0.39, 0.29) is 24.0 Å². The zero-order valence-corrected chi connectivity index (χ0v) is 7.53. The van der Waals surface area contributed by atoms with Crippen LogP contribution < -0.4 is 10.5 Å². The molecule has 0 aliphatic carbocycles. The van der Waals surface area contributed by atoms with E-state index < -0.39 is 0 Å². The van der Waals surface area contributed by atoms with Gasteiger partial charge in [0, 0.05) is 6.54 Å². The van der Waals surface area contributed by atoms with Crippen LogP contribution >= 0.6 is 12.4 Å². The van der Waals surface area contributed by atoms with Gasteiger partial charge in [-0.2, -0.15) is 0 Å². The number of rotatable bonds is 2. The van der Waals surface area contributed by atoms with Crippen LogP contribution in [0.4, 0.5) is 4.39 Å². The van der Waals surface area contributed by atoms with Gasteiger partial charge in [-0.1, -0.05) is 6.07 Å². The molecule has 0 saturated carbocycles. The average Bonchev–Trinajstić information content (AvgIpc) is 2.04. The Labute approximate surface area is 76.9 Å². The van der Waals surface area contributed by atoms with E-state index in [0.29, 0.717) is 6.54 Å². The van der Waals surface area contributed by atoms with Gasteiger partial charge in [-0.25, -0.2) is 4.39 Å². The lowest BCUT2D eigenvalue weighted by Gasteiger charge is -2.02. The third-order valence-corrected chi connectivity index (χ3v) is 1.45. The van der Waals surface area contributed by atoms with Gasteiger partial charge in [0.1, 0.15) is 0 Å². The summed E-state index contributed by atoms with van der Waals surface area (Å²) >= 11 is 0. The molecule has 2 N–H and O–H groups in total. The van der Waals surface area contributed by atoms with Gasteiger partial charge < -0.3 is 10.5 Å². The predicted molar refractivity (Wildman–Crippen MR) is 48.1 cm³/mol. The lowest BCUT2D eigenvalue weighted by Crippen LogP contribution is -1.97. The molecule has 12 heavy (non-hydrogen) atoms. The van der Waals surface area contributed by atoms with Crippen molar-refractivity contribution in [2.24, 2.45) is 5.73 Å². The predicted octanol–water partition coefficient (Wildman–Crippen LogP) is 1.71. The van der Waals surface area contributed by atoms with E-state index in [9.17, 15) is 4.39 Å². The van der Waals surface area contributed by atoms with Gasteiger partial charge in [0.15, 0.2) is 11.6 Å². The maximum absolute atomic E-state index is 12.9. The van der Waals surface area contributed by atoms with Crippen LogP contribution in [-0.2, 0) is 6.54 Å². The highest BCUT2D eigenvalue weighted by Gasteiger charge is 2.00. The van der Waals surface area contributed by atoms with E-state index in [4.69, 9.17) is 10.5 Å². The first-order chi connectivity index (χ1) is 5.27. The Bertz CT molecular complexity index is 255. The number of hydrogen-bond donors (Lipinski definition) is 1. The molecule has 1 aromatic rings. The minimum Gasteiger partial charge on any atom is -0.494 e. The number of ether oxygens (including phenoxy) is 1. The second-order valence-electron chi connectivity index (χ2n) is 2.17. The average molecular weight is 192 g/mol. The van der Waals surface area contributed by atoms with Crippen molar-refractivity contribution in [1.29, 1.82) is 0 Å². The van der Waals surface area contributed by atoms with E-state index >= 15 is 0 Å². The fourth-order valence-corrected chi connectivity index (χ4v) is 0.837. The van der Waals surface area contributed by atoms with E-state index in [1.54, 1.807) is 12.1 Å². The highest BCUT2D eigenvalue weighted by molar-refractivity contribution is 5.85. The van der Waals surface area contributed by atoms with Gasteiger partial charge in [-0.15, -0.1) is 12.4 Å². The summed E-state index contributed by atoms with van der Waals surface area (Å²) in [6.45, 7) is 0.348. The summed E-state index contributed by atoms with van der Waals surface area (Å²) < 4.78 is 17.6. The minimum atomic E-state index is -0.365. The Balaban J connectivity index is 0.00000121. The molecule has 0 atom stereocenters. The van der Waals surface area contributed by atoms with Crippen molar-refractivity contribution < 1.29 is 9.13 Å². The standard InChI is InChI=1S/C8H10FNO.ClH/c1-11-8-3-2-6(5-10)4-7(8)9;/h2-4H,5,10H2,1H3;1H.